The van der Waals surface area contributed by atoms with E-state index in [4.69, 9.17) is 0 Å². The van der Waals surface area contributed by atoms with Crippen LogP contribution in [0.4, 0.5) is 10.5 Å². The molecule has 2 rings (SSSR count). The molecule has 0 aliphatic carbocycles. The fraction of sp³-hybridized carbons (Fsp3) is 0.375. The number of hydrogen-bond acceptors (Lipinski definition) is 3. The third-order valence-electron chi connectivity index (χ3n) is 3.46. The standard InChI is InChI=1S/C16H22N4OS/c1-13(12-22-3)19(2)16(21)18-15-9-17-20(11-15)10-14-7-5-4-6-8-14/h4-9,11,13H,10,12H2,1-3H3,(H,18,21)/t13-/m0/s1. The van der Waals surface area contributed by atoms with Gasteiger partial charge < -0.3 is 10.2 Å². The van der Waals surface area contributed by atoms with E-state index in [1.807, 2.05) is 49.3 Å². The van der Waals surface area contributed by atoms with E-state index in [1.165, 1.54) is 5.56 Å². The Bertz CT molecular complexity index is 599. The molecule has 0 radical (unpaired) electrons. The maximum atomic E-state index is 12.2. The maximum Gasteiger partial charge on any atom is 0.321 e. The molecule has 1 aromatic heterocycles. The minimum absolute atomic E-state index is 0.110. The number of urea groups is 1. The van der Waals surface area contributed by atoms with Crippen molar-refractivity contribution >= 4 is 23.5 Å². The quantitative estimate of drug-likeness (QED) is 0.890. The van der Waals surface area contributed by atoms with Crippen molar-refractivity contribution in [2.24, 2.45) is 0 Å². The van der Waals surface area contributed by atoms with Crippen LogP contribution in [0.1, 0.15) is 12.5 Å². The molecule has 0 saturated carbocycles. The van der Waals surface area contributed by atoms with Gasteiger partial charge in [-0.15, -0.1) is 0 Å². The number of amides is 2. The molecule has 1 atom stereocenters. The number of nitrogens with zero attached hydrogens (tertiary/aromatic N) is 3. The van der Waals surface area contributed by atoms with Crippen molar-refractivity contribution in [3.63, 3.8) is 0 Å². The van der Waals surface area contributed by atoms with Gasteiger partial charge in [-0.1, -0.05) is 30.3 Å². The Labute approximate surface area is 135 Å². The van der Waals surface area contributed by atoms with Gasteiger partial charge >= 0.3 is 6.03 Å². The van der Waals surface area contributed by atoms with Crippen molar-refractivity contribution in [2.45, 2.75) is 19.5 Å². The van der Waals surface area contributed by atoms with Crippen LogP contribution in [0.15, 0.2) is 42.7 Å². The summed E-state index contributed by atoms with van der Waals surface area (Å²) in [6.45, 7) is 2.73. The molecule has 1 N–H and O–H groups in total. The Kier molecular flexibility index (Phi) is 5.89. The number of anilines is 1. The molecule has 0 bridgehead atoms. The first-order valence-corrected chi connectivity index (χ1v) is 8.58. The van der Waals surface area contributed by atoms with Gasteiger partial charge in [-0.05, 0) is 18.7 Å². The highest BCUT2D eigenvalue weighted by atomic mass is 32.2. The van der Waals surface area contributed by atoms with E-state index >= 15 is 0 Å². The van der Waals surface area contributed by atoms with E-state index in [1.54, 1.807) is 22.9 Å². The van der Waals surface area contributed by atoms with E-state index < -0.39 is 0 Å². The number of carbonyl (C=O) groups excluding carboxylic acids is 1. The molecule has 22 heavy (non-hydrogen) atoms. The van der Waals surface area contributed by atoms with Crippen molar-refractivity contribution in [3.8, 4) is 0 Å². The number of rotatable bonds is 6. The average Bonchev–Trinajstić information content (AvgIpc) is 2.94. The molecular weight excluding hydrogens is 296 g/mol. The Morgan fingerprint density at radius 1 is 1.41 bits per heavy atom. The number of nitrogens with one attached hydrogen (secondary N) is 1. The summed E-state index contributed by atoms with van der Waals surface area (Å²) in [5.41, 5.74) is 1.89. The summed E-state index contributed by atoms with van der Waals surface area (Å²) in [5.74, 6) is 0.914. The fourth-order valence-electron chi connectivity index (χ4n) is 2.05. The first-order chi connectivity index (χ1) is 10.6. The Balaban J connectivity index is 1.93. The van der Waals surface area contributed by atoms with Gasteiger partial charge in [-0.25, -0.2) is 4.79 Å². The second-order valence-electron chi connectivity index (χ2n) is 5.26. The van der Waals surface area contributed by atoms with Crippen LogP contribution in [0.25, 0.3) is 0 Å². The van der Waals surface area contributed by atoms with Crippen LogP contribution in [0.2, 0.25) is 0 Å². The molecule has 1 aromatic carbocycles. The lowest BCUT2D eigenvalue weighted by molar-refractivity contribution is 0.212. The molecule has 0 saturated heterocycles. The number of aromatic nitrogens is 2. The van der Waals surface area contributed by atoms with E-state index in [-0.39, 0.29) is 12.1 Å². The summed E-state index contributed by atoms with van der Waals surface area (Å²) in [6, 6.07) is 10.2. The first kappa shape index (κ1) is 16.4. The van der Waals surface area contributed by atoms with E-state index in [0.717, 1.165) is 5.75 Å². The van der Waals surface area contributed by atoms with Crippen LogP contribution in [-0.4, -0.2) is 45.8 Å². The topological polar surface area (TPSA) is 50.2 Å². The number of thioether (sulfide) groups is 1. The fourth-order valence-corrected chi connectivity index (χ4v) is 2.76. The predicted octanol–water partition coefficient (Wildman–Crippen LogP) is 3.15. The second kappa shape index (κ2) is 7.89. The van der Waals surface area contributed by atoms with Gasteiger partial charge in [0.05, 0.1) is 18.4 Å². The Morgan fingerprint density at radius 3 is 2.82 bits per heavy atom. The Hall–Kier alpha value is -1.95. The normalized spacial score (nSPS) is 12.0. The molecular formula is C16H22N4OS. The van der Waals surface area contributed by atoms with Crippen LogP contribution in [0.5, 0.6) is 0 Å². The van der Waals surface area contributed by atoms with Crippen molar-refractivity contribution in [2.75, 3.05) is 24.4 Å². The minimum Gasteiger partial charge on any atom is -0.324 e. The van der Waals surface area contributed by atoms with Crippen molar-refractivity contribution < 1.29 is 4.79 Å². The molecule has 5 nitrogen and oxygen atoms in total. The lowest BCUT2D eigenvalue weighted by atomic mass is 10.2. The largest absolute Gasteiger partial charge is 0.324 e. The Morgan fingerprint density at radius 2 is 2.14 bits per heavy atom. The number of carbonyl (C=O) groups is 1. The van der Waals surface area contributed by atoms with Gasteiger partial charge in [0.1, 0.15) is 0 Å². The summed E-state index contributed by atoms with van der Waals surface area (Å²) in [4.78, 5) is 13.9. The zero-order valence-electron chi connectivity index (χ0n) is 13.2. The van der Waals surface area contributed by atoms with Gasteiger partial charge in [0, 0.05) is 25.0 Å². The zero-order valence-corrected chi connectivity index (χ0v) is 14.0. The van der Waals surface area contributed by atoms with Crippen LogP contribution in [0, 0.1) is 0 Å². The van der Waals surface area contributed by atoms with Crippen molar-refractivity contribution in [3.05, 3.63) is 48.3 Å². The highest BCUT2D eigenvalue weighted by molar-refractivity contribution is 7.98. The summed E-state index contributed by atoms with van der Waals surface area (Å²) in [7, 11) is 1.81. The maximum absolute atomic E-state index is 12.2. The summed E-state index contributed by atoms with van der Waals surface area (Å²) >= 11 is 1.73. The molecule has 6 heteroatoms. The zero-order chi connectivity index (χ0) is 15.9. The third-order valence-corrected chi connectivity index (χ3v) is 4.28. The molecule has 0 fully saturated rings. The smallest absolute Gasteiger partial charge is 0.321 e. The number of benzene rings is 1. The lowest BCUT2D eigenvalue weighted by Gasteiger charge is -2.24. The van der Waals surface area contributed by atoms with Crippen molar-refractivity contribution in [1.82, 2.24) is 14.7 Å². The predicted molar refractivity (Wildman–Crippen MR) is 92.4 cm³/mol. The van der Waals surface area contributed by atoms with Crippen LogP contribution < -0.4 is 5.32 Å². The summed E-state index contributed by atoms with van der Waals surface area (Å²) in [6.07, 6.45) is 5.56. The van der Waals surface area contributed by atoms with Crippen LogP contribution >= 0.6 is 11.8 Å². The highest BCUT2D eigenvalue weighted by Crippen LogP contribution is 2.10. The lowest BCUT2D eigenvalue weighted by Crippen LogP contribution is -2.39. The monoisotopic (exact) mass is 318 g/mol. The molecule has 118 valence electrons. The van der Waals surface area contributed by atoms with Crippen molar-refractivity contribution in [1.29, 1.82) is 0 Å². The first-order valence-electron chi connectivity index (χ1n) is 7.19. The SMILES string of the molecule is CSC[C@H](C)N(C)C(=O)Nc1cnn(Cc2ccccc2)c1. The van der Waals surface area contributed by atoms with Gasteiger partial charge in [-0.2, -0.15) is 16.9 Å². The molecule has 0 aliphatic heterocycles. The minimum atomic E-state index is -0.110. The molecule has 2 aromatic rings. The molecule has 2 amide bonds. The summed E-state index contributed by atoms with van der Waals surface area (Å²) in [5, 5.41) is 7.17. The molecule has 0 unspecified atom stereocenters. The third kappa shape index (κ3) is 4.53. The molecule has 0 spiro atoms. The van der Waals surface area contributed by atoms with E-state index in [9.17, 15) is 4.79 Å². The van der Waals surface area contributed by atoms with E-state index in [0.29, 0.717) is 12.2 Å². The molecule has 1 heterocycles. The van der Waals surface area contributed by atoms with Gasteiger partial charge in [0.25, 0.3) is 0 Å². The van der Waals surface area contributed by atoms with Crippen LogP contribution in [-0.2, 0) is 6.54 Å². The van der Waals surface area contributed by atoms with Gasteiger partial charge in [0.15, 0.2) is 0 Å². The number of hydrogen-bond donors (Lipinski definition) is 1. The van der Waals surface area contributed by atoms with E-state index in [2.05, 4.69) is 22.5 Å². The second-order valence-corrected chi connectivity index (χ2v) is 6.17. The van der Waals surface area contributed by atoms with Gasteiger partial charge in [-0.3, -0.25) is 4.68 Å². The average molecular weight is 318 g/mol. The van der Waals surface area contributed by atoms with Crippen LogP contribution in [0.3, 0.4) is 0 Å². The highest BCUT2D eigenvalue weighted by Gasteiger charge is 2.15. The van der Waals surface area contributed by atoms with Gasteiger partial charge in [0.2, 0.25) is 0 Å². The molecule has 0 aliphatic rings. The summed E-state index contributed by atoms with van der Waals surface area (Å²) < 4.78 is 1.82.